The lowest BCUT2D eigenvalue weighted by molar-refractivity contribution is -0.147. The van der Waals surface area contributed by atoms with Gasteiger partial charge in [-0.05, 0) is 69.2 Å². The van der Waals surface area contributed by atoms with Crippen molar-refractivity contribution in [3.8, 4) is 5.75 Å². The number of likely N-dealkylation sites (tertiary alicyclic amines) is 1. The second kappa shape index (κ2) is 27.1. The van der Waals surface area contributed by atoms with Gasteiger partial charge >= 0.3 is 5.97 Å². The van der Waals surface area contributed by atoms with E-state index in [4.69, 9.17) is 11.5 Å². The topological polar surface area (TPSA) is 378 Å². The number of rotatable bonds is 27. The number of aromatic nitrogens is 2. The summed E-state index contributed by atoms with van der Waals surface area (Å²) in [5, 5.41) is 48.1. The zero-order valence-electron chi connectivity index (χ0n) is 39.4. The van der Waals surface area contributed by atoms with Crippen LogP contribution < -0.4 is 48.7 Å². The number of nitrogens with one attached hydrogen (secondary N) is 8. The molecular weight excluding hydrogens is 887 g/mol. The van der Waals surface area contributed by atoms with Crippen molar-refractivity contribution in [2.24, 2.45) is 28.3 Å². The predicted molar refractivity (Wildman–Crippen MR) is 248 cm³/mol. The number of hydrogen-bond donors (Lipinski definition) is 13. The lowest BCUT2D eigenvalue weighted by Gasteiger charge is -2.32. The molecule has 0 saturated carbocycles. The molecular formula is C44H69N13O11. The van der Waals surface area contributed by atoms with Crippen LogP contribution in [0.2, 0.25) is 0 Å². The van der Waals surface area contributed by atoms with Gasteiger partial charge in [0.15, 0.2) is 12.0 Å². The van der Waals surface area contributed by atoms with E-state index in [0.29, 0.717) is 30.5 Å². The van der Waals surface area contributed by atoms with Gasteiger partial charge in [-0.25, -0.2) is 9.78 Å². The quantitative estimate of drug-likeness (QED) is 0.0245. The second-order valence-electron chi connectivity index (χ2n) is 17.2. The number of aliphatic hydroxyl groups excluding tert-OH is 1. The summed E-state index contributed by atoms with van der Waals surface area (Å²) < 4.78 is 0. The number of carbonyl (C=O) groups excluding carboxylic acids is 7. The third-order valence-electron chi connectivity index (χ3n) is 11.5. The lowest BCUT2D eigenvalue weighted by atomic mass is 9.96. The monoisotopic (exact) mass is 956 g/mol. The zero-order chi connectivity index (χ0) is 50.7. The van der Waals surface area contributed by atoms with Crippen molar-refractivity contribution in [3.05, 3.63) is 48.0 Å². The van der Waals surface area contributed by atoms with Gasteiger partial charge in [-0.3, -0.25) is 38.6 Å². The summed E-state index contributed by atoms with van der Waals surface area (Å²) in [6, 6.07) is -3.11. The lowest BCUT2D eigenvalue weighted by Crippen LogP contribution is -2.62. The number of imidazole rings is 1. The SMILES string of the molecule is CC[C@H](C)[C@H](NC(=O)[C@H](Cc1ccc(O)cc1)NC(=O)[C@@H](NC(=O)[C@H](CCCN=C(N)N)NC(=O)CNC)C(C)C)C(=O)N[C@@H](Cc1cnc[nH]1)C(=O)N1CCC[C@H]1C(=O)N[C@H](C(=O)O)C(C)O. The van der Waals surface area contributed by atoms with Gasteiger partial charge in [-0.1, -0.05) is 46.2 Å². The van der Waals surface area contributed by atoms with Crippen molar-refractivity contribution in [3.63, 3.8) is 0 Å². The van der Waals surface area contributed by atoms with Gasteiger partial charge in [0, 0.05) is 37.8 Å². The number of guanidine groups is 1. The first kappa shape index (κ1) is 55.5. The molecule has 2 aromatic rings. The Labute approximate surface area is 395 Å². The first-order valence-electron chi connectivity index (χ1n) is 22.6. The van der Waals surface area contributed by atoms with Crippen LogP contribution in [0.4, 0.5) is 0 Å². The molecule has 1 unspecified atom stereocenters. The number of aliphatic hydroxyl groups is 1. The number of carbonyl (C=O) groups is 8. The average molecular weight is 956 g/mol. The number of aromatic amines is 1. The van der Waals surface area contributed by atoms with E-state index in [2.05, 4.69) is 52.2 Å². The van der Waals surface area contributed by atoms with Gasteiger partial charge in [-0.15, -0.1) is 0 Å². The molecule has 24 nitrogen and oxygen atoms in total. The minimum Gasteiger partial charge on any atom is -0.508 e. The standard InChI is InChI=1S/C44H69N13O11/c1-7-24(4)35(41(65)53-31(19-27-20-48-22-50-27)42(66)57-17-9-11-32(57)39(63)56-36(25(5)58)43(67)68)55-38(62)30(18-26-12-14-28(59)15-13-26)52-40(64)34(23(2)3)54-37(61)29(51-33(60)21-47-6)10-8-16-49-44(45)46/h12-15,20,22-25,29-32,34-36,47,58-59H,7-11,16-19,21H2,1-6H3,(H,48,50)(H,51,60)(H,52,64)(H,53,65)(H,54,61)(H,55,62)(H,56,63)(H,67,68)(H4,45,46,49)/t24-,25?,29-,30-,31-,32-,34-,35-,36-/m0/s1. The molecule has 0 aliphatic carbocycles. The van der Waals surface area contributed by atoms with E-state index in [1.54, 1.807) is 46.9 Å². The molecule has 2 heterocycles. The molecule has 1 aromatic carbocycles. The first-order valence-corrected chi connectivity index (χ1v) is 22.6. The summed E-state index contributed by atoms with van der Waals surface area (Å²) in [5.41, 5.74) is 11.8. The highest BCUT2D eigenvalue weighted by molar-refractivity contribution is 5.98. The molecule has 9 atom stereocenters. The third kappa shape index (κ3) is 17.1. The molecule has 1 aromatic heterocycles. The van der Waals surface area contributed by atoms with Crippen LogP contribution in [0.5, 0.6) is 5.75 Å². The summed E-state index contributed by atoms with van der Waals surface area (Å²) in [4.78, 5) is 121. The Morgan fingerprint density at radius 3 is 2.04 bits per heavy atom. The number of nitrogens with zero attached hydrogens (tertiary/aromatic N) is 3. The normalized spacial score (nSPS) is 16.9. The number of benzene rings is 1. The Hall–Kier alpha value is -6.82. The first-order chi connectivity index (χ1) is 32.2. The number of hydrogen-bond acceptors (Lipinski definition) is 13. The second-order valence-corrected chi connectivity index (χ2v) is 17.2. The molecule has 7 amide bonds. The molecule has 68 heavy (non-hydrogen) atoms. The molecule has 1 aliphatic rings. The van der Waals surface area contributed by atoms with E-state index in [0.717, 1.165) is 0 Å². The van der Waals surface area contributed by atoms with Gasteiger partial charge in [0.1, 0.15) is 42.0 Å². The molecule has 0 bridgehead atoms. The van der Waals surface area contributed by atoms with Crippen molar-refractivity contribution in [2.45, 2.75) is 128 Å². The minimum absolute atomic E-state index is 0.0473. The van der Waals surface area contributed by atoms with Crippen molar-refractivity contribution in [1.82, 2.24) is 52.1 Å². The summed E-state index contributed by atoms with van der Waals surface area (Å²) >= 11 is 0. The maximum absolute atomic E-state index is 14.5. The van der Waals surface area contributed by atoms with Crippen LogP contribution in [0.25, 0.3) is 0 Å². The number of carboxylic acids is 1. The Kier molecular flexibility index (Phi) is 22.1. The van der Waals surface area contributed by atoms with Crippen LogP contribution in [0, 0.1) is 11.8 Å². The average Bonchev–Trinajstić information content (AvgIpc) is 4.00. The highest BCUT2D eigenvalue weighted by Crippen LogP contribution is 2.21. The fraction of sp³-hybridized carbons (Fsp3) is 0.591. The van der Waals surface area contributed by atoms with Crippen LogP contribution in [-0.4, -0.2) is 159 Å². The molecule has 0 spiro atoms. The summed E-state index contributed by atoms with van der Waals surface area (Å²) in [7, 11) is 1.56. The number of aliphatic imine (C=N–C) groups is 1. The minimum atomic E-state index is -1.63. The van der Waals surface area contributed by atoms with Crippen molar-refractivity contribution >= 4 is 53.3 Å². The number of nitrogens with two attached hydrogens (primary N) is 2. The molecule has 1 fully saturated rings. The van der Waals surface area contributed by atoms with Crippen LogP contribution >= 0.6 is 0 Å². The van der Waals surface area contributed by atoms with Gasteiger partial charge in [-0.2, -0.15) is 0 Å². The number of H-pyrrole nitrogens is 1. The predicted octanol–water partition coefficient (Wildman–Crippen LogP) is -2.76. The highest BCUT2D eigenvalue weighted by Gasteiger charge is 2.41. The number of aliphatic carboxylic acids is 1. The van der Waals surface area contributed by atoms with E-state index < -0.39 is 108 Å². The number of amides is 7. The Bertz CT molecular complexity index is 2050. The molecule has 0 radical (unpaired) electrons. The van der Waals surface area contributed by atoms with E-state index in [1.165, 1.54) is 36.5 Å². The largest absolute Gasteiger partial charge is 0.508 e. The number of phenols is 1. The Morgan fingerprint density at radius 2 is 1.47 bits per heavy atom. The van der Waals surface area contributed by atoms with Crippen LogP contribution in [-0.2, 0) is 51.2 Å². The Balaban J connectivity index is 1.92. The molecule has 376 valence electrons. The number of phenolic OH excluding ortho intramolecular Hbond substituents is 1. The van der Waals surface area contributed by atoms with Gasteiger partial charge in [0.2, 0.25) is 41.4 Å². The molecule has 24 heteroatoms. The molecule has 1 aliphatic heterocycles. The summed E-state index contributed by atoms with van der Waals surface area (Å²) in [5.74, 6) is -7.66. The van der Waals surface area contributed by atoms with E-state index in [9.17, 15) is 53.7 Å². The van der Waals surface area contributed by atoms with Crippen molar-refractivity contribution in [1.29, 1.82) is 0 Å². The van der Waals surface area contributed by atoms with Gasteiger partial charge in [0.25, 0.3) is 0 Å². The van der Waals surface area contributed by atoms with Gasteiger partial charge < -0.3 is 73.9 Å². The van der Waals surface area contributed by atoms with Crippen LogP contribution in [0.15, 0.2) is 41.8 Å². The molecule has 15 N–H and O–H groups in total. The summed E-state index contributed by atoms with van der Waals surface area (Å²) in [6.07, 6.45) is 2.52. The van der Waals surface area contributed by atoms with Crippen LogP contribution in [0.3, 0.4) is 0 Å². The molecule has 1 saturated heterocycles. The summed E-state index contributed by atoms with van der Waals surface area (Å²) in [6.45, 7) is 8.25. The van der Waals surface area contributed by atoms with E-state index in [-0.39, 0.29) is 57.0 Å². The number of likely N-dealkylation sites (N-methyl/N-ethyl adjacent to an activating group) is 1. The Morgan fingerprint density at radius 1 is 0.838 bits per heavy atom. The van der Waals surface area contributed by atoms with Crippen molar-refractivity contribution in [2.75, 3.05) is 26.7 Å². The highest BCUT2D eigenvalue weighted by atomic mass is 16.4. The fourth-order valence-electron chi connectivity index (χ4n) is 7.48. The van der Waals surface area contributed by atoms with E-state index in [1.807, 2.05) is 0 Å². The maximum atomic E-state index is 14.5. The third-order valence-corrected chi connectivity index (χ3v) is 11.5. The van der Waals surface area contributed by atoms with Crippen LogP contribution in [0.1, 0.15) is 78.0 Å². The maximum Gasteiger partial charge on any atom is 0.328 e. The number of aromatic hydroxyl groups is 1. The fourth-order valence-corrected chi connectivity index (χ4v) is 7.48. The van der Waals surface area contributed by atoms with E-state index >= 15 is 0 Å². The zero-order valence-corrected chi connectivity index (χ0v) is 39.4. The smallest absolute Gasteiger partial charge is 0.328 e. The number of carboxylic acid groups (broad SMARTS) is 1. The van der Waals surface area contributed by atoms with Gasteiger partial charge in [0.05, 0.1) is 19.0 Å². The molecule has 3 rings (SSSR count). The van der Waals surface area contributed by atoms with Crippen molar-refractivity contribution < 1.29 is 53.7 Å².